The van der Waals surface area contributed by atoms with Crippen molar-refractivity contribution in [1.29, 1.82) is 0 Å². The molecular formula is C25H36IN5O2. The SMILES string of the molecule is CCNC(=NCc1cccc(C(=O)NC)c1)NCC(c1ccc(OC)cc1)N1CCCC1.I. The van der Waals surface area contributed by atoms with Gasteiger partial charge in [0.1, 0.15) is 5.75 Å². The number of halogens is 1. The third kappa shape index (κ3) is 7.89. The Balaban J connectivity index is 0.00000385. The number of nitrogens with one attached hydrogen (secondary N) is 3. The number of benzene rings is 2. The van der Waals surface area contributed by atoms with Crippen molar-refractivity contribution in [3.05, 3.63) is 65.2 Å². The van der Waals surface area contributed by atoms with E-state index in [1.807, 2.05) is 36.4 Å². The number of likely N-dealkylation sites (tertiary alicyclic amines) is 1. The van der Waals surface area contributed by atoms with Gasteiger partial charge >= 0.3 is 0 Å². The summed E-state index contributed by atoms with van der Waals surface area (Å²) in [5, 5.41) is 9.53. The Morgan fingerprint density at radius 2 is 1.85 bits per heavy atom. The van der Waals surface area contributed by atoms with Gasteiger partial charge in [-0.1, -0.05) is 24.3 Å². The lowest BCUT2D eigenvalue weighted by molar-refractivity contribution is 0.0963. The Hall–Kier alpha value is -2.33. The summed E-state index contributed by atoms with van der Waals surface area (Å²) in [6.45, 7) is 6.32. The van der Waals surface area contributed by atoms with E-state index < -0.39 is 0 Å². The molecule has 0 aliphatic carbocycles. The molecule has 3 N–H and O–H groups in total. The second-order valence-electron chi connectivity index (χ2n) is 7.89. The van der Waals surface area contributed by atoms with Crippen molar-refractivity contribution in [2.45, 2.75) is 32.4 Å². The molecule has 1 unspecified atom stereocenters. The lowest BCUT2D eigenvalue weighted by Gasteiger charge is -2.29. The van der Waals surface area contributed by atoms with E-state index in [1.165, 1.54) is 18.4 Å². The van der Waals surface area contributed by atoms with Crippen LogP contribution in [-0.2, 0) is 6.54 Å². The van der Waals surface area contributed by atoms with E-state index in [2.05, 4.69) is 39.9 Å². The summed E-state index contributed by atoms with van der Waals surface area (Å²) >= 11 is 0. The average Bonchev–Trinajstić information content (AvgIpc) is 3.37. The number of aliphatic imine (C=N–C) groups is 1. The summed E-state index contributed by atoms with van der Waals surface area (Å²) in [5.41, 5.74) is 2.91. The Morgan fingerprint density at radius 1 is 1.12 bits per heavy atom. The summed E-state index contributed by atoms with van der Waals surface area (Å²) in [4.78, 5) is 19.2. The molecule has 0 saturated carbocycles. The van der Waals surface area contributed by atoms with Crippen LogP contribution in [0.15, 0.2) is 53.5 Å². The number of methoxy groups -OCH3 is 1. The van der Waals surface area contributed by atoms with Crippen LogP contribution in [0.3, 0.4) is 0 Å². The number of hydrogen-bond donors (Lipinski definition) is 3. The molecule has 1 fully saturated rings. The van der Waals surface area contributed by atoms with Crippen LogP contribution in [-0.4, -0.2) is 57.1 Å². The molecule has 33 heavy (non-hydrogen) atoms. The van der Waals surface area contributed by atoms with Gasteiger partial charge in [-0.3, -0.25) is 9.69 Å². The van der Waals surface area contributed by atoms with Crippen molar-refractivity contribution in [3.8, 4) is 5.75 Å². The van der Waals surface area contributed by atoms with Gasteiger partial charge in [0, 0.05) is 25.7 Å². The van der Waals surface area contributed by atoms with Crippen LogP contribution in [0.25, 0.3) is 0 Å². The van der Waals surface area contributed by atoms with Crippen molar-refractivity contribution >= 4 is 35.8 Å². The summed E-state index contributed by atoms with van der Waals surface area (Å²) in [6.07, 6.45) is 2.48. The lowest BCUT2D eigenvalue weighted by Crippen LogP contribution is -2.42. The number of ether oxygens (including phenoxy) is 1. The Kier molecular flexibility index (Phi) is 11.5. The molecule has 1 saturated heterocycles. The smallest absolute Gasteiger partial charge is 0.251 e. The molecule has 7 nitrogen and oxygen atoms in total. The van der Waals surface area contributed by atoms with Crippen molar-refractivity contribution in [2.24, 2.45) is 4.99 Å². The molecule has 1 amide bonds. The summed E-state index contributed by atoms with van der Waals surface area (Å²) in [5.74, 6) is 1.56. The van der Waals surface area contributed by atoms with E-state index in [0.717, 1.165) is 43.5 Å². The highest BCUT2D eigenvalue weighted by Gasteiger charge is 2.23. The number of guanidine groups is 1. The van der Waals surface area contributed by atoms with E-state index in [4.69, 9.17) is 9.73 Å². The van der Waals surface area contributed by atoms with Crippen molar-refractivity contribution in [2.75, 3.05) is 40.3 Å². The molecule has 2 aromatic carbocycles. The standard InChI is InChI=1S/C25H35N5O2.HI/c1-4-27-25(28-17-19-8-7-9-21(16-19)24(31)26-2)29-18-23(30-14-5-6-15-30)20-10-12-22(32-3)13-11-20;/h7-13,16,23H,4-6,14-15,17-18H2,1-3H3,(H,26,31)(H2,27,28,29);1H. The average molecular weight is 566 g/mol. The van der Waals surface area contributed by atoms with Crippen LogP contribution in [0.4, 0.5) is 0 Å². The van der Waals surface area contributed by atoms with Crippen LogP contribution in [0.1, 0.15) is 47.3 Å². The Morgan fingerprint density at radius 3 is 2.48 bits per heavy atom. The van der Waals surface area contributed by atoms with Gasteiger partial charge in [-0.05, 0) is 68.2 Å². The summed E-state index contributed by atoms with van der Waals surface area (Å²) in [6, 6.07) is 16.2. The van der Waals surface area contributed by atoms with Gasteiger partial charge in [0.15, 0.2) is 5.96 Å². The first kappa shape index (κ1) is 26.9. The Bertz CT molecular complexity index is 898. The van der Waals surface area contributed by atoms with Gasteiger partial charge in [-0.15, -0.1) is 24.0 Å². The zero-order valence-electron chi connectivity index (χ0n) is 19.8. The molecule has 0 spiro atoms. The monoisotopic (exact) mass is 565 g/mol. The first-order valence-corrected chi connectivity index (χ1v) is 11.4. The van der Waals surface area contributed by atoms with Crippen molar-refractivity contribution < 1.29 is 9.53 Å². The van der Waals surface area contributed by atoms with E-state index in [9.17, 15) is 4.79 Å². The van der Waals surface area contributed by atoms with Crippen LogP contribution in [0.2, 0.25) is 0 Å². The fraction of sp³-hybridized carbons (Fsp3) is 0.440. The largest absolute Gasteiger partial charge is 0.497 e. The number of nitrogens with zero attached hydrogens (tertiary/aromatic N) is 2. The molecule has 0 radical (unpaired) electrons. The van der Waals surface area contributed by atoms with E-state index in [0.29, 0.717) is 12.1 Å². The molecule has 0 aromatic heterocycles. The highest BCUT2D eigenvalue weighted by atomic mass is 127. The highest BCUT2D eigenvalue weighted by molar-refractivity contribution is 14.0. The minimum atomic E-state index is -0.0891. The molecule has 2 aromatic rings. The maximum Gasteiger partial charge on any atom is 0.251 e. The maximum absolute atomic E-state index is 11.9. The van der Waals surface area contributed by atoms with Gasteiger partial charge in [0.05, 0.1) is 19.7 Å². The second-order valence-corrected chi connectivity index (χ2v) is 7.89. The molecule has 8 heteroatoms. The zero-order valence-corrected chi connectivity index (χ0v) is 22.1. The molecule has 1 atom stereocenters. The van der Waals surface area contributed by atoms with Gasteiger partial charge in [-0.2, -0.15) is 0 Å². The second kappa shape index (κ2) is 14.0. The molecular weight excluding hydrogens is 529 g/mol. The zero-order chi connectivity index (χ0) is 22.8. The van der Waals surface area contributed by atoms with Crippen LogP contribution < -0.4 is 20.7 Å². The van der Waals surface area contributed by atoms with Gasteiger partial charge in [-0.25, -0.2) is 4.99 Å². The third-order valence-corrected chi connectivity index (χ3v) is 5.73. The highest BCUT2D eigenvalue weighted by Crippen LogP contribution is 2.26. The molecule has 0 bridgehead atoms. The summed E-state index contributed by atoms with van der Waals surface area (Å²) in [7, 11) is 3.33. The molecule has 1 heterocycles. The lowest BCUT2D eigenvalue weighted by atomic mass is 10.1. The van der Waals surface area contributed by atoms with Crippen LogP contribution >= 0.6 is 24.0 Å². The van der Waals surface area contributed by atoms with E-state index >= 15 is 0 Å². The fourth-order valence-electron chi connectivity index (χ4n) is 4.00. The minimum absolute atomic E-state index is 0. The minimum Gasteiger partial charge on any atom is -0.497 e. The quantitative estimate of drug-likeness (QED) is 0.246. The molecule has 1 aliphatic heterocycles. The summed E-state index contributed by atoms with van der Waals surface area (Å²) < 4.78 is 5.33. The maximum atomic E-state index is 11.9. The van der Waals surface area contributed by atoms with Gasteiger partial charge < -0.3 is 20.7 Å². The molecule has 1 aliphatic rings. The first-order valence-electron chi connectivity index (χ1n) is 11.4. The Labute approximate surface area is 214 Å². The van der Waals surface area contributed by atoms with Crippen molar-refractivity contribution in [1.82, 2.24) is 20.9 Å². The predicted molar refractivity (Wildman–Crippen MR) is 145 cm³/mol. The topological polar surface area (TPSA) is 78.0 Å². The number of rotatable bonds is 9. The van der Waals surface area contributed by atoms with E-state index in [-0.39, 0.29) is 35.9 Å². The van der Waals surface area contributed by atoms with Gasteiger partial charge in [0.25, 0.3) is 5.91 Å². The normalized spacial score (nSPS) is 14.8. The van der Waals surface area contributed by atoms with Gasteiger partial charge in [0.2, 0.25) is 0 Å². The van der Waals surface area contributed by atoms with E-state index in [1.54, 1.807) is 14.2 Å². The van der Waals surface area contributed by atoms with Crippen molar-refractivity contribution in [3.63, 3.8) is 0 Å². The third-order valence-electron chi connectivity index (χ3n) is 5.73. The van der Waals surface area contributed by atoms with Crippen LogP contribution in [0, 0.1) is 0 Å². The molecule has 180 valence electrons. The predicted octanol–water partition coefficient (Wildman–Crippen LogP) is 3.57. The number of carbonyl (C=O) groups excluding carboxylic acids is 1. The number of amides is 1. The number of carbonyl (C=O) groups is 1. The number of hydrogen-bond acceptors (Lipinski definition) is 4. The first-order chi connectivity index (χ1) is 15.6. The fourth-order valence-corrected chi connectivity index (χ4v) is 4.00. The van der Waals surface area contributed by atoms with Crippen LogP contribution in [0.5, 0.6) is 5.75 Å². The molecule has 3 rings (SSSR count).